The minimum absolute atomic E-state index is 0.750. The van der Waals surface area contributed by atoms with Crippen molar-refractivity contribution in [3.63, 3.8) is 0 Å². The number of nitrogens with zero attached hydrogens (tertiary/aromatic N) is 1. The van der Waals surface area contributed by atoms with Gasteiger partial charge in [-0.1, -0.05) is 44.9 Å². The van der Waals surface area contributed by atoms with Crippen molar-refractivity contribution in [2.45, 2.75) is 20.3 Å². The number of aryl methyl sites for hydroxylation is 2. The van der Waals surface area contributed by atoms with E-state index in [0.29, 0.717) is 0 Å². The van der Waals surface area contributed by atoms with Crippen molar-refractivity contribution in [3.05, 3.63) is 72.5 Å². The molecule has 0 spiro atoms. The number of hydrogen-bond acceptors (Lipinski definition) is 1. The largest absolute Gasteiger partial charge is 0.247 e. The maximum atomic E-state index is 4.64. The number of aliphatic imine (C=N–C) groups is 1. The van der Waals surface area contributed by atoms with Gasteiger partial charge in [-0.3, -0.25) is 0 Å². The summed E-state index contributed by atoms with van der Waals surface area (Å²) in [6, 6.07) is 6.29. The molecule has 0 aliphatic carbocycles. The predicted molar refractivity (Wildman–Crippen MR) is 80.7 cm³/mol. The van der Waals surface area contributed by atoms with E-state index < -0.39 is 0 Å². The van der Waals surface area contributed by atoms with E-state index in [1.54, 1.807) is 12.2 Å². The highest BCUT2D eigenvalue weighted by Gasteiger charge is 2.03. The lowest BCUT2D eigenvalue weighted by Crippen LogP contribution is -1.95. The summed E-state index contributed by atoms with van der Waals surface area (Å²) in [5.74, 6) is 0. The van der Waals surface area contributed by atoms with Gasteiger partial charge in [-0.15, -0.1) is 5.73 Å². The molecule has 0 fully saturated rings. The average molecular weight is 237 g/mol. The van der Waals surface area contributed by atoms with Crippen LogP contribution in [0.1, 0.15) is 18.1 Å². The van der Waals surface area contributed by atoms with Crippen LogP contribution in [-0.4, -0.2) is 5.71 Å². The Bertz CT molecular complexity index is 541. The minimum Gasteiger partial charge on any atom is -0.247 e. The van der Waals surface area contributed by atoms with Crippen LogP contribution < -0.4 is 0 Å². The van der Waals surface area contributed by atoms with Gasteiger partial charge in [-0.05, 0) is 36.6 Å². The highest BCUT2D eigenvalue weighted by atomic mass is 14.7. The van der Waals surface area contributed by atoms with Crippen LogP contribution in [0.3, 0.4) is 0 Å². The van der Waals surface area contributed by atoms with Crippen LogP contribution in [0.5, 0.6) is 0 Å². The quantitative estimate of drug-likeness (QED) is 0.399. The van der Waals surface area contributed by atoms with Gasteiger partial charge in [0, 0.05) is 5.57 Å². The molecule has 0 heterocycles. The third kappa shape index (κ3) is 3.19. The Balaban J connectivity index is 3.37. The summed E-state index contributed by atoms with van der Waals surface area (Å²) in [4.78, 5) is 4.64. The van der Waals surface area contributed by atoms with Gasteiger partial charge in [-0.25, -0.2) is 4.99 Å². The van der Waals surface area contributed by atoms with Crippen molar-refractivity contribution in [2.24, 2.45) is 4.99 Å². The summed E-state index contributed by atoms with van der Waals surface area (Å²) >= 11 is 0. The summed E-state index contributed by atoms with van der Waals surface area (Å²) in [7, 11) is 0. The molecule has 0 N–H and O–H groups in total. The molecule has 0 unspecified atom stereocenters. The lowest BCUT2D eigenvalue weighted by molar-refractivity contribution is 1.13. The Morgan fingerprint density at radius 3 is 2.56 bits per heavy atom. The molecule has 1 aromatic carbocycles. The van der Waals surface area contributed by atoms with Crippen molar-refractivity contribution in [3.8, 4) is 0 Å². The van der Waals surface area contributed by atoms with E-state index >= 15 is 0 Å². The minimum atomic E-state index is 0.750. The van der Waals surface area contributed by atoms with E-state index in [2.05, 4.69) is 62.5 Å². The van der Waals surface area contributed by atoms with E-state index in [1.165, 1.54) is 11.1 Å². The third-order valence-electron chi connectivity index (χ3n) is 2.73. The van der Waals surface area contributed by atoms with E-state index in [1.807, 2.05) is 0 Å². The number of benzene rings is 1. The second-order valence-corrected chi connectivity index (χ2v) is 3.98. The zero-order chi connectivity index (χ0) is 13.5. The van der Waals surface area contributed by atoms with E-state index in [4.69, 9.17) is 0 Å². The second-order valence-electron chi connectivity index (χ2n) is 3.98. The summed E-state index contributed by atoms with van der Waals surface area (Å²) in [6.07, 6.45) is 4.34. The van der Waals surface area contributed by atoms with Crippen LogP contribution >= 0.6 is 0 Å². The fourth-order valence-electron chi connectivity index (χ4n) is 1.69. The fraction of sp³-hybridized carbons (Fsp3) is 0.176. The van der Waals surface area contributed by atoms with Crippen LogP contribution in [-0.2, 0) is 6.42 Å². The average Bonchev–Trinajstić information content (AvgIpc) is 2.39. The summed E-state index contributed by atoms with van der Waals surface area (Å²) < 4.78 is 0. The maximum Gasteiger partial charge on any atom is 0.0780 e. The highest BCUT2D eigenvalue weighted by Crippen LogP contribution is 2.22. The smallest absolute Gasteiger partial charge is 0.0780 e. The molecule has 0 aliphatic rings. The summed E-state index contributed by atoms with van der Waals surface area (Å²) in [5, 5.41) is 0. The van der Waals surface area contributed by atoms with Crippen LogP contribution in [0.2, 0.25) is 0 Å². The van der Waals surface area contributed by atoms with Gasteiger partial charge >= 0.3 is 0 Å². The number of hydrogen-bond donors (Lipinski definition) is 0. The Kier molecular flexibility index (Phi) is 5.10. The molecule has 0 aliphatic heterocycles. The van der Waals surface area contributed by atoms with E-state index in [9.17, 15) is 0 Å². The van der Waals surface area contributed by atoms with Crippen molar-refractivity contribution in [1.29, 1.82) is 0 Å². The first-order valence-corrected chi connectivity index (χ1v) is 5.99. The van der Waals surface area contributed by atoms with E-state index in [0.717, 1.165) is 23.4 Å². The normalized spacial score (nSPS) is 10.7. The molecule has 1 heteroatoms. The molecule has 0 bridgehead atoms. The van der Waals surface area contributed by atoms with Gasteiger partial charge in [0.15, 0.2) is 0 Å². The zero-order valence-corrected chi connectivity index (χ0v) is 11.2. The second kappa shape index (κ2) is 6.58. The predicted octanol–water partition coefficient (Wildman–Crippen LogP) is 4.71. The van der Waals surface area contributed by atoms with Gasteiger partial charge in [0.1, 0.15) is 0 Å². The zero-order valence-electron chi connectivity index (χ0n) is 11.2. The Morgan fingerprint density at radius 2 is 2.06 bits per heavy atom. The van der Waals surface area contributed by atoms with Crippen molar-refractivity contribution >= 4 is 11.4 Å². The first kappa shape index (κ1) is 14.0. The Hall–Kier alpha value is -2.11. The molecule has 0 saturated heterocycles. The molecular weight excluding hydrogens is 218 g/mol. The first-order chi connectivity index (χ1) is 8.65. The SMILES string of the molecule is C=C=C(C=C)/C(C=C)=N/c1cc(C)ccc1CC. The topological polar surface area (TPSA) is 12.4 Å². The van der Waals surface area contributed by atoms with Gasteiger partial charge in [0.25, 0.3) is 0 Å². The monoisotopic (exact) mass is 237 g/mol. The number of allylic oxidation sites excluding steroid dienone is 3. The van der Waals surface area contributed by atoms with Crippen molar-refractivity contribution in [2.75, 3.05) is 0 Å². The standard InChI is InChI=1S/C17H19N/c1-6-14(7-2)16(9-4)18-17-12-13(5)10-11-15(17)8-3/h6,9-12H,1-2,4,8H2,3,5H3/b18-16+. The van der Waals surface area contributed by atoms with Gasteiger partial charge in [0.05, 0.1) is 11.4 Å². The van der Waals surface area contributed by atoms with Gasteiger partial charge < -0.3 is 0 Å². The molecule has 0 saturated carbocycles. The lowest BCUT2D eigenvalue weighted by Gasteiger charge is -2.06. The van der Waals surface area contributed by atoms with Gasteiger partial charge in [0.2, 0.25) is 0 Å². The molecule has 18 heavy (non-hydrogen) atoms. The fourth-order valence-corrected chi connectivity index (χ4v) is 1.69. The van der Waals surface area contributed by atoms with Crippen molar-refractivity contribution in [1.82, 2.24) is 0 Å². The molecule has 1 nitrogen and oxygen atoms in total. The molecule has 92 valence electrons. The molecule has 0 aromatic heterocycles. The van der Waals surface area contributed by atoms with Crippen LogP contribution in [0, 0.1) is 6.92 Å². The van der Waals surface area contributed by atoms with Crippen LogP contribution in [0.4, 0.5) is 5.69 Å². The molecule has 0 radical (unpaired) electrons. The third-order valence-corrected chi connectivity index (χ3v) is 2.73. The molecular formula is C17H19N. The Morgan fingerprint density at radius 1 is 1.33 bits per heavy atom. The maximum absolute atomic E-state index is 4.64. The molecule has 1 aromatic rings. The summed E-state index contributed by atoms with van der Waals surface area (Å²) in [6.45, 7) is 15.3. The van der Waals surface area contributed by atoms with Crippen LogP contribution in [0.15, 0.2) is 66.4 Å². The highest BCUT2D eigenvalue weighted by molar-refractivity contribution is 6.11. The van der Waals surface area contributed by atoms with Gasteiger partial charge in [-0.2, -0.15) is 0 Å². The molecule has 1 rings (SSSR count). The van der Waals surface area contributed by atoms with Crippen molar-refractivity contribution < 1.29 is 0 Å². The van der Waals surface area contributed by atoms with Crippen LogP contribution in [0.25, 0.3) is 0 Å². The van der Waals surface area contributed by atoms with E-state index in [-0.39, 0.29) is 0 Å². The molecule has 0 atom stereocenters. The molecule has 0 amide bonds. The number of rotatable bonds is 5. The lowest BCUT2D eigenvalue weighted by atomic mass is 10.1. The Labute approximate surface area is 110 Å². The first-order valence-electron chi connectivity index (χ1n) is 5.99. The summed E-state index contributed by atoms with van der Waals surface area (Å²) in [5.41, 5.74) is 7.72.